The van der Waals surface area contributed by atoms with Gasteiger partial charge < -0.3 is 19.9 Å². The molecule has 0 fully saturated rings. The van der Waals surface area contributed by atoms with Gasteiger partial charge in [-0.25, -0.2) is 9.78 Å². The van der Waals surface area contributed by atoms with Gasteiger partial charge in [0, 0.05) is 12.6 Å². The molecule has 0 aliphatic heterocycles. The second kappa shape index (κ2) is 6.42. The Balaban J connectivity index is 3.34. The van der Waals surface area contributed by atoms with E-state index in [1.165, 1.54) is 0 Å². The van der Waals surface area contributed by atoms with Crippen molar-refractivity contribution < 1.29 is 32.2 Å². The number of halogens is 3. The average molecular weight is 294 g/mol. The summed E-state index contributed by atoms with van der Waals surface area (Å²) in [6.45, 7) is 1.40. The van der Waals surface area contributed by atoms with E-state index < -0.39 is 29.5 Å². The molecule has 0 aromatic carbocycles. The van der Waals surface area contributed by atoms with Gasteiger partial charge in [0.2, 0.25) is 0 Å². The molecule has 0 radical (unpaired) electrons. The van der Waals surface area contributed by atoms with E-state index in [0.29, 0.717) is 0 Å². The maximum absolute atomic E-state index is 12.3. The number of hydrogen-bond donors (Lipinski definition) is 1. The van der Waals surface area contributed by atoms with Gasteiger partial charge in [0.25, 0.3) is 0 Å². The number of rotatable bonds is 5. The number of esters is 1. The molecule has 9 heteroatoms. The van der Waals surface area contributed by atoms with Crippen molar-refractivity contribution in [3.05, 3.63) is 17.5 Å². The number of ether oxygens (including phenoxy) is 3. The Morgan fingerprint density at radius 3 is 2.55 bits per heavy atom. The molecule has 1 aromatic rings. The van der Waals surface area contributed by atoms with Crippen LogP contribution in [0.1, 0.15) is 23.1 Å². The van der Waals surface area contributed by atoms with Gasteiger partial charge in [0.05, 0.1) is 19.4 Å². The second-order valence-corrected chi connectivity index (χ2v) is 3.47. The van der Waals surface area contributed by atoms with Crippen molar-refractivity contribution in [1.29, 1.82) is 0 Å². The van der Waals surface area contributed by atoms with Crippen LogP contribution in [0.4, 0.5) is 13.2 Å². The lowest BCUT2D eigenvalue weighted by atomic mass is 10.2. The fraction of sp³-hybridized carbons (Fsp3) is 0.455. The molecule has 1 heterocycles. The molecule has 0 amide bonds. The Morgan fingerprint density at radius 2 is 2.10 bits per heavy atom. The molecule has 0 saturated carbocycles. The van der Waals surface area contributed by atoms with Gasteiger partial charge in [-0.15, -0.1) is 13.2 Å². The number of nitrogens with zero attached hydrogens (tertiary/aromatic N) is 1. The third-order valence-corrected chi connectivity index (χ3v) is 2.10. The summed E-state index contributed by atoms with van der Waals surface area (Å²) < 4.78 is 50.2. The number of hydrogen-bond acceptors (Lipinski definition) is 6. The van der Waals surface area contributed by atoms with Crippen LogP contribution in [0.25, 0.3) is 0 Å². The molecule has 6 nitrogen and oxygen atoms in total. The van der Waals surface area contributed by atoms with Gasteiger partial charge in [0.15, 0.2) is 17.2 Å². The van der Waals surface area contributed by atoms with Crippen LogP contribution in [0.2, 0.25) is 0 Å². The molecule has 2 N–H and O–H groups in total. The van der Waals surface area contributed by atoms with E-state index in [-0.39, 0.29) is 18.8 Å². The van der Waals surface area contributed by atoms with E-state index in [4.69, 9.17) is 15.2 Å². The van der Waals surface area contributed by atoms with E-state index in [2.05, 4.69) is 9.72 Å². The summed E-state index contributed by atoms with van der Waals surface area (Å²) in [5.74, 6) is -2.08. The van der Waals surface area contributed by atoms with E-state index in [9.17, 15) is 18.0 Å². The summed E-state index contributed by atoms with van der Waals surface area (Å²) in [4.78, 5) is 15.5. The summed E-state index contributed by atoms with van der Waals surface area (Å²) in [5, 5.41) is 0. The predicted octanol–water partition coefficient (Wildman–Crippen LogP) is 1.62. The van der Waals surface area contributed by atoms with Crippen LogP contribution in [0.3, 0.4) is 0 Å². The molecule has 0 unspecified atom stereocenters. The number of methoxy groups -OCH3 is 1. The number of carbonyl (C=O) groups excluding carboxylic acids is 1. The molecule has 0 bridgehead atoms. The van der Waals surface area contributed by atoms with E-state index in [1.54, 1.807) is 6.92 Å². The molecule has 1 aromatic heterocycles. The molecule has 0 aliphatic carbocycles. The number of nitrogens with two attached hydrogens (primary N) is 1. The molecule has 0 atom stereocenters. The Kier molecular flexibility index (Phi) is 5.14. The van der Waals surface area contributed by atoms with E-state index >= 15 is 0 Å². The smallest absolute Gasteiger partial charge is 0.491 e. The van der Waals surface area contributed by atoms with Crippen molar-refractivity contribution in [2.75, 3.05) is 13.7 Å². The quantitative estimate of drug-likeness (QED) is 0.831. The molecule has 20 heavy (non-hydrogen) atoms. The fourth-order valence-electron chi connectivity index (χ4n) is 1.40. The highest BCUT2D eigenvalue weighted by molar-refractivity contribution is 5.91. The largest absolute Gasteiger partial charge is 0.573 e. The monoisotopic (exact) mass is 294 g/mol. The minimum absolute atomic E-state index is 0.0337. The third kappa shape index (κ3) is 3.98. The van der Waals surface area contributed by atoms with Crippen LogP contribution in [0.5, 0.6) is 11.5 Å². The van der Waals surface area contributed by atoms with Crippen molar-refractivity contribution in [2.24, 2.45) is 5.73 Å². The zero-order valence-corrected chi connectivity index (χ0v) is 10.8. The summed E-state index contributed by atoms with van der Waals surface area (Å²) in [5.41, 5.74) is 4.94. The van der Waals surface area contributed by atoms with Crippen LogP contribution < -0.4 is 15.2 Å². The van der Waals surface area contributed by atoms with Crippen molar-refractivity contribution in [3.8, 4) is 11.5 Å². The number of pyridine rings is 1. The van der Waals surface area contributed by atoms with Crippen molar-refractivity contribution >= 4 is 5.97 Å². The lowest BCUT2D eigenvalue weighted by Crippen LogP contribution is -2.20. The molecular formula is C11H13F3N2O4. The van der Waals surface area contributed by atoms with Crippen LogP contribution in [-0.4, -0.2) is 31.0 Å². The highest BCUT2D eigenvalue weighted by Crippen LogP contribution is 2.35. The van der Waals surface area contributed by atoms with Gasteiger partial charge >= 0.3 is 12.3 Å². The maximum atomic E-state index is 12.3. The summed E-state index contributed by atoms with van der Waals surface area (Å²) >= 11 is 0. The van der Waals surface area contributed by atoms with Crippen LogP contribution >= 0.6 is 0 Å². The first-order valence-electron chi connectivity index (χ1n) is 5.53. The Labute approximate surface area is 112 Å². The first-order valence-corrected chi connectivity index (χ1v) is 5.53. The first kappa shape index (κ1) is 16.0. The van der Waals surface area contributed by atoms with E-state index in [1.807, 2.05) is 0 Å². The number of aromatic nitrogens is 1. The molecule has 0 saturated heterocycles. The van der Waals surface area contributed by atoms with Crippen molar-refractivity contribution in [2.45, 2.75) is 19.8 Å². The van der Waals surface area contributed by atoms with E-state index in [0.717, 1.165) is 13.2 Å². The summed E-state index contributed by atoms with van der Waals surface area (Å²) in [7, 11) is 1.09. The highest BCUT2D eigenvalue weighted by atomic mass is 19.4. The zero-order valence-electron chi connectivity index (χ0n) is 10.8. The second-order valence-electron chi connectivity index (χ2n) is 3.47. The van der Waals surface area contributed by atoms with Gasteiger partial charge in [0.1, 0.15) is 0 Å². The minimum Gasteiger partial charge on any atom is -0.491 e. The molecule has 112 valence electrons. The maximum Gasteiger partial charge on any atom is 0.573 e. The number of alkyl halides is 3. The van der Waals surface area contributed by atoms with Gasteiger partial charge in [-0.2, -0.15) is 0 Å². The standard InChI is InChI=1S/C11H13F3N2O4/c1-3-19-10(17)8-9(18-2)7(20-11(12,13)14)4-6(5-15)16-8/h4H,3,5,15H2,1-2H3. The predicted molar refractivity (Wildman–Crippen MR) is 61.3 cm³/mol. The summed E-state index contributed by atoms with van der Waals surface area (Å²) in [6.07, 6.45) is -4.94. The van der Waals surface area contributed by atoms with Crippen LogP contribution in [0.15, 0.2) is 6.07 Å². The van der Waals surface area contributed by atoms with Gasteiger partial charge in [-0.3, -0.25) is 0 Å². The van der Waals surface area contributed by atoms with Gasteiger partial charge in [-0.1, -0.05) is 0 Å². The zero-order chi connectivity index (χ0) is 15.3. The topological polar surface area (TPSA) is 83.7 Å². The van der Waals surface area contributed by atoms with Gasteiger partial charge in [-0.05, 0) is 6.92 Å². The lowest BCUT2D eigenvalue weighted by molar-refractivity contribution is -0.275. The first-order chi connectivity index (χ1) is 9.32. The van der Waals surface area contributed by atoms with Crippen molar-refractivity contribution in [3.63, 3.8) is 0 Å². The van der Waals surface area contributed by atoms with Crippen LogP contribution in [-0.2, 0) is 11.3 Å². The Morgan fingerprint density at radius 1 is 1.45 bits per heavy atom. The van der Waals surface area contributed by atoms with Crippen LogP contribution in [0, 0.1) is 0 Å². The van der Waals surface area contributed by atoms with Crippen molar-refractivity contribution in [1.82, 2.24) is 4.98 Å². The summed E-state index contributed by atoms with van der Waals surface area (Å²) in [6, 6.07) is 0.953. The highest BCUT2D eigenvalue weighted by Gasteiger charge is 2.34. The molecule has 0 aliphatic rings. The minimum atomic E-state index is -4.94. The Bertz CT molecular complexity index is 491. The fourth-order valence-corrected chi connectivity index (χ4v) is 1.40. The lowest BCUT2D eigenvalue weighted by Gasteiger charge is -2.15. The molecule has 1 rings (SSSR count). The third-order valence-electron chi connectivity index (χ3n) is 2.10. The average Bonchev–Trinajstić information content (AvgIpc) is 2.36. The Hall–Kier alpha value is -2.03. The normalized spacial score (nSPS) is 11.1. The molecular weight excluding hydrogens is 281 g/mol. The number of carbonyl (C=O) groups is 1. The molecule has 0 spiro atoms. The SMILES string of the molecule is CCOC(=O)c1nc(CN)cc(OC(F)(F)F)c1OC.